The van der Waals surface area contributed by atoms with Crippen molar-refractivity contribution in [1.29, 1.82) is 0 Å². The fourth-order valence-corrected chi connectivity index (χ4v) is 3.29. The first kappa shape index (κ1) is 30.0. The van der Waals surface area contributed by atoms with E-state index in [1.165, 1.54) is 13.8 Å². The Balaban J connectivity index is 2.91. The molecule has 1 aromatic rings. The minimum atomic E-state index is -1.58. The van der Waals surface area contributed by atoms with E-state index in [4.69, 9.17) is 11.5 Å². The molecule has 0 saturated heterocycles. The van der Waals surface area contributed by atoms with Crippen molar-refractivity contribution in [2.45, 2.75) is 75.9 Å². The molecule has 35 heavy (non-hydrogen) atoms. The van der Waals surface area contributed by atoms with E-state index in [-0.39, 0.29) is 12.8 Å². The second kappa shape index (κ2) is 15.0. The number of carbonyl (C=O) groups is 4. The fourth-order valence-electron chi connectivity index (χ4n) is 3.29. The molecular weight excluding hydrogens is 458 g/mol. The molecule has 0 radical (unpaired) electrons. The van der Waals surface area contributed by atoms with Crippen LogP contribution in [0.2, 0.25) is 0 Å². The van der Waals surface area contributed by atoms with Crippen LogP contribution in [0, 0.1) is 0 Å². The number of benzene rings is 1. The molecule has 0 fully saturated rings. The predicted octanol–water partition coefficient (Wildman–Crippen LogP) is -2.01. The van der Waals surface area contributed by atoms with Crippen LogP contribution in [-0.4, -0.2) is 81.9 Å². The standard InChI is InChI=1S/C23H37N5O7/c1-13(29)18(27-20(31)16(25)12-15-8-4-3-5-9-15)22(33)26-17(10-6-7-11-24)21(32)28-19(14(2)30)23(34)35/h3-5,8-9,13-14,16-19,29-30H,6-7,10-12,24-25H2,1-2H3,(H,26,33)(H,27,31)(H,28,32)(H,34,35). The first-order chi connectivity index (χ1) is 16.5. The third-order valence-corrected chi connectivity index (χ3v) is 5.32. The molecule has 0 aliphatic heterocycles. The maximum absolute atomic E-state index is 12.9. The molecule has 0 aliphatic carbocycles. The Morgan fingerprint density at radius 1 is 0.857 bits per heavy atom. The maximum Gasteiger partial charge on any atom is 0.328 e. The van der Waals surface area contributed by atoms with Gasteiger partial charge in [0.2, 0.25) is 17.7 Å². The van der Waals surface area contributed by atoms with Crippen LogP contribution >= 0.6 is 0 Å². The number of unbranched alkanes of at least 4 members (excludes halogenated alkanes) is 1. The SMILES string of the molecule is CC(O)C(NC(=O)C(CCCCN)NC(=O)C(NC(=O)C(N)Cc1ccccc1)C(C)O)C(=O)O. The summed E-state index contributed by atoms with van der Waals surface area (Å²) >= 11 is 0. The molecule has 1 rings (SSSR count). The normalized spacial score (nSPS) is 16.2. The number of rotatable bonds is 15. The van der Waals surface area contributed by atoms with E-state index < -0.39 is 60.1 Å². The minimum Gasteiger partial charge on any atom is -0.480 e. The van der Waals surface area contributed by atoms with Crippen molar-refractivity contribution in [1.82, 2.24) is 16.0 Å². The first-order valence-electron chi connectivity index (χ1n) is 11.5. The van der Waals surface area contributed by atoms with Gasteiger partial charge >= 0.3 is 5.97 Å². The number of aliphatic carboxylic acids is 1. The lowest BCUT2D eigenvalue weighted by Gasteiger charge is -2.27. The lowest BCUT2D eigenvalue weighted by Crippen LogP contribution is -2.60. The van der Waals surface area contributed by atoms with Gasteiger partial charge in [0.15, 0.2) is 6.04 Å². The number of aliphatic hydroxyl groups is 2. The van der Waals surface area contributed by atoms with Crippen LogP contribution < -0.4 is 27.4 Å². The Morgan fingerprint density at radius 3 is 1.94 bits per heavy atom. The molecule has 6 unspecified atom stereocenters. The Bertz CT molecular complexity index is 835. The van der Waals surface area contributed by atoms with Gasteiger partial charge in [-0.25, -0.2) is 4.79 Å². The van der Waals surface area contributed by atoms with E-state index in [1.54, 1.807) is 24.3 Å². The Morgan fingerprint density at radius 2 is 1.43 bits per heavy atom. The van der Waals surface area contributed by atoms with Crippen molar-refractivity contribution in [2.75, 3.05) is 6.54 Å². The maximum atomic E-state index is 12.9. The number of nitrogens with two attached hydrogens (primary N) is 2. The van der Waals surface area contributed by atoms with E-state index in [0.29, 0.717) is 19.4 Å². The van der Waals surface area contributed by atoms with Crippen molar-refractivity contribution < 1.29 is 34.5 Å². The quantitative estimate of drug-likeness (QED) is 0.126. The average Bonchev–Trinajstić information content (AvgIpc) is 2.79. The summed E-state index contributed by atoms with van der Waals surface area (Å²) < 4.78 is 0. The highest BCUT2D eigenvalue weighted by Crippen LogP contribution is 2.06. The van der Waals surface area contributed by atoms with Gasteiger partial charge in [-0.2, -0.15) is 0 Å². The van der Waals surface area contributed by atoms with Gasteiger partial charge in [-0.05, 0) is 51.6 Å². The summed E-state index contributed by atoms with van der Waals surface area (Å²) in [6, 6.07) is 3.84. The monoisotopic (exact) mass is 495 g/mol. The lowest BCUT2D eigenvalue weighted by atomic mass is 10.0. The van der Waals surface area contributed by atoms with Gasteiger partial charge in [0, 0.05) is 0 Å². The highest BCUT2D eigenvalue weighted by molar-refractivity contribution is 5.94. The van der Waals surface area contributed by atoms with Gasteiger partial charge in [-0.15, -0.1) is 0 Å². The third-order valence-electron chi connectivity index (χ3n) is 5.32. The number of carboxylic acids is 1. The fraction of sp³-hybridized carbons (Fsp3) is 0.565. The summed E-state index contributed by atoms with van der Waals surface area (Å²) in [6.45, 7) is 2.85. The summed E-state index contributed by atoms with van der Waals surface area (Å²) in [5, 5.41) is 36.0. The van der Waals surface area contributed by atoms with Gasteiger partial charge in [-0.3, -0.25) is 14.4 Å². The smallest absolute Gasteiger partial charge is 0.328 e. The minimum absolute atomic E-state index is 0.120. The highest BCUT2D eigenvalue weighted by atomic mass is 16.4. The molecule has 12 nitrogen and oxygen atoms in total. The summed E-state index contributed by atoms with van der Waals surface area (Å²) in [5.74, 6) is -3.79. The number of carboxylic acid groups (broad SMARTS) is 1. The topological polar surface area (TPSA) is 217 Å². The van der Waals surface area contributed by atoms with Crippen LogP contribution in [-0.2, 0) is 25.6 Å². The zero-order chi connectivity index (χ0) is 26.5. The van der Waals surface area contributed by atoms with Crippen molar-refractivity contribution in [3.05, 3.63) is 35.9 Å². The van der Waals surface area contributed by atoms with Gasteiger partial charge in [0.25, 0.3) is 0 Å². The predicted molar refractivity (Wildman–Crippen MR) is 128 cm³/mol. The number of hydrogen-bond acceptors (Lipinski definition) is 8. The molecule has 12 heteroatoms. The molecule has 1 aromatic carbocycles. The molecule has 10 N–H and O–H groups in total. The summed E-state index contributed by atoms with van der Waals surface area (Å²) in [7, 11) is 0. The molecule has 0 bridgehead atoms. The molecule has 196 valence electrons. The second-order valence-corrected chi connectivity index (χ2v) is 8.43. The Kier molecular flexibility index (Phi) is 12.9. The number of carbonyl (C=O) groups excluding carboxylic acids is 3. The largest absolute Gasteiger partial charge is 0.480 e. The number of aliphatic hydroxyl groups excluding tert-OH is 2. The van der Waals surface area contributed by atoms with E-state index in [1.807, 2.05) is 6.07 Å². The summed E-state index contributed by atoms with van der Waals surface area (Å²) in [6.07, 6.45) is -1.39. The first-order valence-corrected chi connectivity index (χ1v) is 11.5. The van der Waals surface area contributed by atoms with E-state index in [9.17, 15) is 34.5 Å². The lowest BCUT2D eigenvalue weighted by molar-refractivity contribution is -0.145. The molecule has 0 spiro atoms. The van der Waals surface area contributed by atoms with E-state index >= 15 is 0 Å². The number of hydrogen-bond donors (Lipinski definition) is 8. The highest BCUT2D eigenvalue weighted by Gasteiger charge is 2.33. The van der Waals surface area contributed by atoms with Gasteiger partial charge in [0.1, 0.15) is 12.1 Å². The zero-order valence-electron chi connectivity index (χ0n) is 20.0. The van der Waals surface area contributed by atoms with Gasteiger partial charge in [-0.1, -0.05) is 30.3 Å². The van der Waals surface area contributed by atoms with Crippen LogP contribution in [0.15, 0.2) is 30.3 Å². The number of amides is 3. The molecule has 0 aromatic heterocycles. The van der Waals surface area contributed by atoms with Crippen LogP contribution in [0.25, 0.3) is 0 Å². The second-order valence-electron chi connectivity index (χ2n) is 8.43. The van der Waals surface area contributed by atoms with Crippen molar-refractivity contribution >= 4 is 23.7 Å². The molecule has 0 heterocycles. The third kappa shape index (κ3) is 10.4. The van der Waals surface area contributed by atoms with Crippen LogP contribution in [0.5, 0.6) is 0 Å². The summed E-state index contributed by atoms with van der Waals surface area (Å²) in [4.78, 5) is 49.5. The van der Waals surface area contributed by atoms with Crippen LogP contribution in [0.3, 0.4) is 0 Å². The summed E-state index contributed by atoms with van der Waals surface area (Å²) in [5.41, 5.74) is 12.3. The van der Waals surface area contributed by atoms with Crippen molar-refractivity contribution in [3.63, 3.8) is 0 Å². The van der Waals surface area contributed by atoms with Gasteiger partial charge in [0.05, 0.1) is 18.2 Å². The zero-order valence-corrected chi connectivity index (χ0v) is 20.0. The molecule has 0 saturated carbocycles. The van der Waals surface area contributed by atoms with Crippen molar-refractivity contribution in [3.8, 4) is 0 Å². The van der Waals surface area contributed by atoms with Crippen molar-refractivity contribution in [2.24, 2.45) is 11.5 Å². The van der Waals surface area contributed by atoms with Crippen LogP contribution in [0.1, 0.15) is 38.7 Å². The van der Waals surface area contributed by atoms with Gasteiger partial charge < -0.3 is 42.7 Å². The number of nitrogens with one attached hydrogen (secondary N) is 3. The molecule has 6 atom stereocenters. The molecule has 3 amide bonds. The van der Waals surface area contributed by atoms with E-state index in [2.05, 4.69) is 16.0 Å². The Labute approximate surface area is 204 Å². The van der Waals surface area contributed by atoms with E-state index in [0.717, 1.165) is 5.56 Å². The average molecular weight is 496 g/mol. The Hall–Kier alpha value is -3.06. The molecule has 0 aliphatic rings. The molecular formula is C23H37N5O7. The van der Waals surface area contributed by atoms with Crippen LogP contribution in [0.4, 0.5) is 0 Å².